The predicted octanol–water partition coefficient (Wildman–Crippen LogP) is 2.48. The van der Waals surface area contributed by atoms with E-state index in [1.165, 1.54) is 7.11 Å². The minimum atomic E-state index is -2.85. The van der Waals surface area contributed by atoms with Gasteiger partial charge in [0, 0.05) is 12.6 Å². The van der Waals surface area contributed by atoms with Gasteiger partial charge in [-0.3, -0.25) is 0 Å². The van der Waals surface area contributed by atoms with Gasteiger partial charge in [-0.2, -0.15) is 8.78 Å². The highest BCUT2D eigenvalue weighted by Gasteiger charge is 2.16. The highest BCUT2D eigenvalue weighted by molar-refractivity contribution is 5.43. The van der Waals surface area contributed by atoms with Crippen LogP contribution >= 0.6 is 0 Å². The number of nitrogens with one attached hydrogen (secondary N) is 1. The Balaban J connectivity index is 1.93. The van der Waals surface area contributed by atoms with E-state index in [0.717, 1.165) is 31.5 Å². The molecule has 0 radical (unpaired) electrons. The summed E-state index contributed by atoms with van der Waals surface area (Å²) in [5.41, 5.74) is 0.908. The average Bonchev–Trinajstić information content (AvgIpc) is 2.46. The van der Waals surface area contributed by atoms with Gasteiger partial charge in [0.25, 0.3) is 0 Å². The second kappa shape index (κ2) is 7.56. The molecule has 0 spiro atoms. The molecule has 118 valence electrons. The van der Waals surface area contributed by atoms with Gasteiger partial charge in [-0.15, -0.1) is 0 Å². The van der Waals surface area contributed by atoms with E-state index in [2.05, 4.69) is 22.0 Å². The third kappa shape index (κ3) is 4.82. The summed E-state index contributed by atoms with van der Waals surface area (Å²) < 4.78 is 34.3. The molecule has 0 saturated carbocycles. The third-order valence-corrected chi connectivity index (χ3v) is 3.76. The lowest BCUT2D eigenvalue weighted by Gasteiger charge is -2.29. The number of methoxy groups -OCH3 is 1. The van der Waals surface area contributed by atoms with Gasteiger partial charge >= 0.3 is 6.61 Å². The SMILES string of the molecule is COc1ccc(CNC2CCN(C)CC2)cc1OC(F)F. The Bertz CT molecular complexity index is 449. The summed E-state index contributed by atoms with van der Waals surface area (Å²) in [5, 5.41) is 3.47. The van der Waals surface area contributed by atoms with E-state index in [0.29, 0.717) is 18.3 Å². The van der Waals surface area contributed by atoms with Crippen LogP contribution in [0.3, 0.4) is 0 Å². The lowest BCUT2D eigenvalue weighted by atomic mass is 10.1. The van der Waals surface area contributed by atoms with Crippen molar-refractivity contribution in [3.05, 3.63) is 23.8 Å². The topological polar surface area (TPSA) is 33.7 Å². The van der Waals surface area contributed by atoms with Crippen LogP contribution in [0, 0.1) is 0 Å². The fraction of sp³-hybridized carbons (Fsp3) is 0.600. The molecule has 1 saturated heterocycles. The molecule has 4 nitrogen and oxygen atoms in total. The molecule has 1 heterocycles. The molecular formula is C15H22F2N2O2. The maximum Gasteiger partial charge on any atom is 0.387 e. The van der Waals surface area contributed by atoms with Crippen LogP contribution < -0.4 is 14.8 Å². The molecule has 1 aromatic rings. The number of likely N-dealkylation sites (tertiary alicyclic amines) is 1. The number of rotatable bonds is 6. The van der Waals surface area contributed by atoms with Gasteiger partial charge in [0.05, 0.1) is 7.11 Å². The molecule has 0 atom stereocenters. The summed E-state index contributed by atoms with van der Waals surface area (Å²) in [5.74, 6) is 0.397. The number of piperidine rings is 1. The second-order valence-corrected chi connectivity index (χ2v) is 5.32. The van der Waals surface area contributed by atoms with Crippen molar-refractivity contribution in [2.75, 3.05) is 27.2 Å². The number of hydrogen-bond acceptors (Lipinski definition) is 4. The van der Waals surface area contributed by atoms with Gasteiger partial charge in [0.1, 0.15) is 0 Å². The Morgan fingerprint density at radius 2 is 2.00 bits per heavy atom. The summed E-state index contributed by atoms with van der Waals surface area (Å²) in [6, 6.07) is 5.60. The molecule has 1 aromatic carbocycles. The number of nitrogens with zero attached hydrogens (tertiary/aromatic N) is 1. The number of halogens is 2. The van der Waals surface area contributed by atoms with Crippen molar-refractivity contribution in [1.29, 1.82) is 0 Å². The van der Waals surface area contributed by atoms with E-state index >= 15 is 0 Å². The molecule has 1 N–H and O–H groups in total. The van der Waals surface area contributed by atoms with Crippen molar-refractivity contribution in [3.63, 3.8) is 0 Å². The Morgan fingerprint density at radius 1 is 1.29 bits per heavy atom. The summed E-state index contributed by atoms with van der Waals surface area (Å²) in [6.07, 6.45) is 2.21. The molecule has 1 aliphatic heterocycles. The first-order valence-corrected chi connectivity index (χ1v) is 7.12. The van der Waals surface area contributed by atoms with E-state index in [4.69, 9.17) is 4.74 Å². The minimum absolute atomic E-state index is 0.0789. The standard InChI is InChI=1S/C15H22F2N2O2/c1-19-7-5-12(6-8-19)18-10-11-3-4-13(20-2)14(9-11)21-15(16)17/h3-4,9,12,15,18H,5-8,10H2,1-2H3. The first-order chi connectivity index (χ1) is 10.1. The molecule has 0 aliphatic carbocycles. The monoisotopic (exact) mass is 300 g/mol. The van der Waals surface area contributed by atoms with Crippen LogP contribution in [0.25, 0.3) is 0 Å². The quantitative estimate of drug-likeness (QED) is 0.875. The zero-order valence-electron chi connectivity index (χ0n) is 12.4. The summed E-state index contributed by atoms with van der Waals surface area (Å²) in [4.78, 5) is 2.31. The highest BCUT2D eigenvalue weighted by atomic mass is 19.3. The zero-order chi connectivity index (χ0) is 15.2. The van der Waals surface area contributed by atoms with Crippen LogP contribution in [0.5, 0.6) is 11.5 Å². The average molecular weight is 300 g/mol. The van der Waals surface area contributed by atoms with E-state index in [9.17, 15) is 8.78 Å². The minimum Gasteiger partial charge on any atom is -0.493 e. The molecular weight excluding hydrogens is 278 g/mol. The lowest BCUT2D eigenvalue weighted by Crippen LogP contribution is -2.40. The normalized spacial score (nSPS) is 17.2. The number of alkyl halides is 2. The largest absolute Gasteiger partial charge is 0.493 e. The lowest BCUT2D eigenvalue weighted by molar-refractivity contribution is -0.0512. The van der Waals surface area contributed by atoms with Crippen molar-refractivity contribution in [2.24, 2.45) is 0 Å². The van der Waals surface area contributed by atoms with Gasteiger partial charge in [-0.25, -0.2) is 0 Å². The van der Waals surface area contributed by atoms with E-state index in [1.807, 2.05) is 6.07 Å². The Kier molecular flexibility index (Phi) is 5.76. The first kappa shape index (κ1) is 16.0. The van der Waals surface area contributed by atoms with Gasteiger partial charge in [0.2, 0.25) is 0 Å². The molecule has 0 unspecified atom stereocenters. The van der Waals surface area contributed by atoms with Gasteiger partial charge in [-0.05, 0) is 50.7 Å². The van der Waals surface area contributed by atoms with E-state index < -0.39 is 6.61 Å². The first-order valence-electron chi connectivity index (χ1n) is 7.12. The third-order valence-electron chi connectivity index (χ3n) is 3.76. The molecule has 6 heteroatoms. The van der Waals surface area contributed by atoms with Crippen LogP contribution in [-0.4, -0.2) is 44.8 Å². The number of benzene rings is 1. The van der Waals surface area contributed by atoms with E-state index in [-0.39, 0.29) is 5.75 Å². The van der Waals surface area contributed by atoms with Crippen LogP contribution in [0.1, 0.15) is 18.4 Å². The van der Waals surface area contributed by atoms with Crippen molar-refractivity contribution in [3.8, 4) is 11.5 Å². The summed E-state index contributed by atoms with van der Waals surface area (Å²) >= 11 is 0. The van der Waals surface area contributed by atoms with Crippen molar-refractivity contribution in [2.45, 2.75) is 32.0 Å². The van der Waals surface area contributed by atoms with Crippen LogP contribution in [-0.2, 0) is 6.54 Å². The summed E-state index contributed by atoms with van der Waals surface area (Å²) in [7, 11) is 3.55. The molecule has 21 heavy (non-hydrogen) atoms. The summed E-state index contributed by atoms with van der Waals surface area (Å²) in [6.45, 7) is -0.0473. The second-order valence-electron chi connectivity index (χ2n) is 5.32. The van der Waals surface area contributed by atoms with E-state index in [1.54, 1.807) is 12.1 Å². The molecule has 1 aliphatic rings. The Morgan fingerprint density at radius 3 is 2.62 bits per heavy atom. The van der Waals surface area contributed by atoms with Gasteiger partial charge in [0.15, 0.2) is 11.5 Å². The predicted molar refractivity (Wildman–Crippen MR) is 77.0 cm³/mol. The smallest absolute Gasteiger partial charge is 0.387 e. The van der Waals surface area contributed by atoms with Crippen molar-refractivity contribution < 1.29 is 18.3 Å². The molecule has 2 rings (SSSR count). The zero-order valence-corrected chi connectivity index (χ0v) is 12.4. The fourth-order valence-electron chi connectivity index (χ4n) is 2.49. The highest BCUT2D eigenvalue weighted by Crippen LogP contribution is 2.29. The Hall–Kier alpha value is -1.40. The van der Waals surface area contributed by atoms with Crippen LogP contribution in [0.2, 0.25) is 0 Å². The van der Waals surface area contributed by atoms with Crippen LogP contribution in [0.4, 0.5) is 8.78 Å². The van der Waals surface area contributed by atoms with Crippen molar-refractivity contribution >= 4 is 0 Å². The molecule has 0 amide bonds. The molecule has 1 fully saturated rings. The fourth-order valence-corrected chi connectivity index (χ4v) is 2.49. The number of hydrogen-bond donors (Lipinski definition) is 1. The maximum atomic E-state index is 12.4. The number of ether oxygens (including phenoxy) is 2. The molecule has 0 aromatic heterocycles. The van der Waals surface area contributed by atoms with Crippen LogP contribution in [0.15, 0.2) is 18.2 Å². The maximum absolute atomic E-state index is 12.4. The van der Waals surface area contributed by atoms with Gasteiger partial charge < -0.3 is 19.7 Å². The Labute approximate surface area is 124 Å². The van der Waals surface area contributed by atoms with Crippen molar-refractivity contribution in [1.82, 2.24) is 10.2 Å². The van der Waals surface area contributed by atoms with Gasteiger partial charge in [-0.1, -0.05) is 6.07 Å². The molecule has 0 bridgehead atoms.